The number of carbonyl (C=O) groups excluding carboxylic acids is 1. The predicted molar refractivity (Wildman–Crippen MR) is 75.2 cm³/mol. The first-order valence-electron chi connectivity index (χ1n) is 6.89. The van der Waals surface area contributed by atoms with Crippen molar-refractivity contribution in [2.75, 3.05) is 13.1 Å². The van der Waals surface area contributed by atoms with Crippen LogP contribution in [0.4, 0.5) is 0 Å². The van der Waals surface area contributed by atoms with Crippen molar-refractivity contribution >= 4 is 5.78 Å². The Bertz CT molecular complexity index is 445. The van der Waals surface area contributed by atoms with Crippen LogP contribution in [-0.2, 0) is 0 Å². The van der Waals surface area contributed by atoms with Crippen LogP contribution in [-0.4, -0.2) is 18.9 Å². The molecule has 0 aliphatic carbocycles. The maximum Gasteiger partial charge on any atom is 0.163 e. The molecule has 1 N–H and O–H groups in total. The zero-order valence-electron chi connectivity index (χ0n) is 11.7. The summed E-state index contributed by atoms with van der Waals surface area (Å²) >= 11 is 0. The summed E-state index contributed by atoms with van der Waals surface area (Å²) in [6, 6.07) is 4.19. The summed E-state index contributed by atoms with van der Waals surface area (Å²) < 4.78 is 0. The zero-order chi connectivity index (χ0) is 13.1. The summed E-state index contributed by atoms with van der Waals surface area (Å²) in [6.07, 6.45) is 2.98. The minimum Gasteiger partial charge on any atom is -0.317 e. The number of hydrogen-bond acceptors (Lipinski definition) is 2. The summed E-state index contributed by atoms with van der Waals surface area (Å²) in [5, 5.41) is 3.34. The van der Waals surface area contributed by atoms with Crippen molar-refractivity contribution in [3.8, 4) is 0 Å². The minimum atomic E-state index is 0.322. The second kappa shape index (κ2) is 5.66. The number of nitrogens with one attached hydrogen (secondary N) is 1. The number of benzene rings is 1. The van der Waals surface area contributed by atoms with Crippen molar-refractivity contribution in [2.45, 2.75) is 40.0 Å². The highest BCUT2D eigenvalue weighted by molar-refractivity contribution is 5.97. The van der Waals surface area contributed by atoms with Crippen LogP contribution in [0.15, 0.2) is 12.1 Å². The topological polar surface area (TPSA) is 29.1 Å². The molecule has 2 heteroatoms. The summed E-state index contributed by atoms with van der Waals surface area (Å²) in [6.45, 7) is 8.34. The summed E-state index contributed by atoms with van der Waals surface area (Å²) in [5.41, 5.74) is 4.54. The minimum absolute atomic E-state index is 0.322. The molecular formula is C16H23NO. The molecule has 0 saturated carbocycles. The van der Waals surface area contributed by atoms with Gasteiger partial charge in [0.1, 0.15) is 0 Å². The first-order valence-corrected chi connectivity index (χ1v) is 6.89. The Kier molecular flexibility index (Phi) is 4.18. The molecule has 1 fully saturated rings. The van der Waals surface area contributed by atoms with Gasteiger partial charge in [0.2, 0.25) is 0 Å². The lowest BCUT2D eigenvalue weighted by molar-refractivity contribution is 0.0952. The van der Waals surface area contributed by atoms with E-state index in [1.807, 2.05) is 6.92 Å². The molecule has 0 aromatic heterocycles. The molecule has 0 atom stereocenters. The Morgan fingerprint density at radius 2 is 1.72 bits per heavy atom. The van der Waals surface area contributed by atoms with E-state index < -0.39 is 0 Å². The van der Waals surface area contributed by atoms with Gasteiger partial charge in [-0.2, -0.15) is 0 Å². The number of piperidine rings is 1. The molecular weight excluding hydrogens is 222 g/mol. The number of ketones is 1. The van der Waals surface area contributed by atoms with E-state index in [0.29, 0.717) is 18.1 Å². The van der Waals surface area contributed by atoms with Gasteiger partial charge in [-0.1, -0.05) is 6.07 Å². The van der Waals surface area contributed by atoms with Crippen LogP contribution in [0.25, 0.3) is 0 Å². The number of rotatable bonds is 3. The van der Waals surface area contributed by atoms with Crippen molar-refractivity contribution in [2.24, 2.45) is 5.92 Å². The molecule has 0 amide bonds. The molecule has 0 radical (unpaired) electrons. The molecule has 18 heavy (non-hydrogen) atoms. The molecule has 1 aliphatic rings. The lowest BCUT2D eigenvalue weighted by Gasteiger charge is -2.22. The molecule has 1 aliphatic heterocycles. The van der Waals surface area contributed by atoms with Gasteiger partial charge >= 0.3 is 0 Å². The van der Waals surface area contributed by atoms with Gasteiger partial charge in [0.15, 0.2) is 5.78 Å². The van der Waals surface area contributed by atoms with Gasteiger partial charge in [0.25, 0.3) is 0 Å². The molecule has 98 valence electrons. The van der Waals surface area contributed by atoms with Crippen LogP contribution in [0.2, 0.25) is 0 Å². The van der Waals surface area contributed by atoms with Crippen LogP contribution in [0, 0.1) is 26.7 Å². The summed E-state index contributed by atoms with van der Waals surface area (Å²) in [7, 11) is 0. The Hall–Kier alpha value is -1.15. The van der Waals surface area contributed by atoms with Gasteiger partial charge in [0.05, 0.1) is 0 Å². The smallest absolute Gasteiger partial charge is 0.163 e. The van der Waals surface area contributed by atoms with E-state index in [9.17, 15) is 4.79 Å². The van der Waals surface area contributed by atoms with Gasteiger partial charge in [0, 0.05) is 12.0 Å². The number of hydrogen-bond donors (Lipinski definition) is 1. The maximum absolute atomic E-state index is 12.4. The van der Waals surface area contributed by atoms with Crippen molar-refractivity contribution in [1.29, 1.82) is 0 Å². The van der Waals surface area contributed by atoms with Gasteiger partial charge < -0.3 is 5.32 Å². The average Bonchev–Trinajstić information content (AvgIpc) is 2.35. The van der Waals surface area contributed by atoms with Gasteiger partial charge in [-0.15, -0.1) is 0 Å². The molecule has 2 nitrogen and oxygen atoms in total. The highest BCUT2D eigenvalue weighted by Gasteiger charge is 2.19. The molecule has 0 unspecified atom stereocenters. The van der Waals surface area contributed by atoms with Crippen LogP contribution in [0.1, 0.15) is 46.3 Å². The second-order valence-electron chi connectivity index (χ2n) is 5.57. The number of aryl methyl sites for hydroxylation is 3. The van der Waals surface area contributed by atoms with E-state index in [0.717, 1.165) is 37.1 Å². The van der Waals surface area contributed by atoms with Crippen LogP contribution >= 0.6 is 0 Å². The SMILES string of the molecule is Cc1cc(C)c(C(=O)CC2CCNCC2)cc1C. The van der Waals surface area contributed by atoms with Crippen molar-refractivity contribution in [1.82, 2.24) is 5.32 Å². The number of Topliss-reactive ketones (excluding diaryl/α,β-unsaturated/α-hetero) is 1. The van der Waals surface area contributed by atoms with Crippen LogP contribution in [0.3, 0.4) is 0 Å². The van der Waals surface area contributed by atoms with E-state index in [1.165, 1.54) is 11.1 Å². The van der Waals surface area contributed by atoms with Crippen molar-refractivity contribution in [3.63, 3.8) is 0 Å². The normalized spacial score (nSPS) is 16.8. The van der Waals surface area contributed by atoms with Gasteiger partial charge in [-0.3, -0.25) is 4.79 Å². The van der Waals surface area contributed by atoms with Crippen LogP contribution in [0.5, 0.6) is 0 Å². The standard InChI is InChI=1S/C16H23NO/c1-11-8-13(3)15(9-12(11)2)16(18)10-14-4-6-17-7-5-14/h8-9,14,17H,4-7,10H2,1-3H3. The van der Waals surface area contributed by atoms with E-state index in [4.69, 9.17) is 0 Å². The van der Waals surface area contributed by atoms with E-state index in [1.54, 1.807) is 0 Å². The molecule has 1 saturated heterocycles. The molecule has 2 rings (SSSR count). The first kappa shape index (κ1) is 13.3. The molecule has 1 aromatic rings. The molecule has 1 heterocycles. The Balaban J connectivity index is 2.10. The first-order chi connectivity index (χ1) is 8.58. The van der Waals surface area contributed by atoms with Gasteiger partial charge in [-0.25, -0.2) is 0 Å². The van der Waals surface area contributed by atoms with Crippen molar-refractivity contribution < 1.29 is 4.79 Å². The predicted octanol–water partition coefficient (Wildman–Crippen LogP) is 3.18. The van der Waals surface area contributed by atoms with E-state index >= 15 is 0 Å². The third-order valence-electron chi connectivity index (χ3n) is 4.07. The summed E-state index contributed by atoms with van der Waals surface area (Å²) in [5.74, 6) is 0.891. The monoisotopic (exact) mass is 245 g/mol. The largest absolute Gasteiger partial charge is 0.317 e. The average molecular weight is 245 g/mol. The third-order valence-corrected chi connectivity index (χ3v) is 4.07. The Morgan fingerprint density at radius 3 is 2.39 bits per heavy atom. The molecule has 1 aromatic carbocycles. The highest BCUT2D eigenvalue weighted by Crippen LogP contribution is 2.22. The number of carbonyl (C=O) groups is 1. The van der Waals surface area contributed by atoms with E-state index in [2.05, 4.69) is 31.3 Å². The molecule has 0 bridgehead atoms. The van der Waals surface area contributed by atoms with Crippen molar-refractivity contribution in [3.05, 3.63) is 34.4 Å². The Labute approximate surface area is 110 Å². The highest BCUT2D eigenvalue weighted by atomic mass is 16.1. The second-order valence-corrected chi connectivity index (χ2v) is 5.57. The van der Waals surface area contributed by atoms with Crippen LogP contribution < -0.4 is 5.32 Å². The fourth-order valence-corrected chi connectivity index (χ4v) is 2.72. The lowest BCUT2D eigenvalue weighted by Crippen LogP contribution is -2.29. The summed E-state index contributed by atoms with van der Waals surface area (Å²) in [4.78, 5) is 12.4. The third kappa shape index (κ3) is 2.99. The lowest BCUT2D eigenvalue weighted by atomic mass is 9.88. The quantitative estimate of drug-likeness (QED) is 0.829. The van der Waals surface area contributed by atoms with Gasteiger partial charge in [-0.05, 0) is 75.4 Å². The Morgan fingerprint density at radius 1 is 1.11 bits per heavy atom. The fraction of sp³-hybridized carbons (Fsp3) is 0.562. The fourth-order valence-electron chi connectivity index (χ4n) is 2.72. The zero-order valence-corrected chi connectivity index (χ0v) is 11.7. The van der Waals surface area contributed by atoms with E-state index in [-0.39, 0.29) is 0 Å². The maximum atomic E-state index is 12.4. The molecule has 0 spiro atoms.